The summed E-state index contributed by atoms with van der Waals surface area (Å²) < 4.78 is 0. The molecule has 0 saturated carbocycles. The maximum absolute atomic E-state index is 0. The van der Waals surface area contributed by atoms with Crippen LogP contribution in [0.2, 0.25) is 0 Å². The van der Waals surface area contributed by atoms with Gasteiger partial charge in [-0.2, -0.15) is 0 Å². The average Bonchev–Trinajstić information content (AvgIpc) is 0. The van der Waals surface area contributed by atoms with Gasteiger partial charge in [0.05, 0.1) is 0 Å². The molecule has 0 aromatic carbocycles. The second-order valence-corrected chi connectivity index (χ2v) is 0. The second-order valence-electron chi connectivity index (χ2n) is 0. The van der Waals surface area contributed by atoms with Crippen molar-refractivity contribution < 1.29 is 68.0 Å². The van der Waals surface area contributed by atoms with Gasteiger partial charge in [-0.15, -0.1) is 0 Å². The zero-order valence-corrected chi connectivity index (χ0v) is 5.18. The molecule has 0 heterocycles. The minimum Gasteiger partial charge on any atom is -2.00 e. The predicted molar refractivity (Wildman–Crippen MR) is 1.37 cm³/mol. The van der Waals surface area contributed by atoms with E-state index in [0.717, 1.165) is 0 Å². The van der Waals surface area contributed by atoms with Gasteiger partial charge in [0.25, 0.3) is 0 Å². The summed E-state index contributed by atoms with van der Waals surface area (Å²) in [6.07, 6.45) is 0. The fourth-order valence-corrected chi connectivity index (χ4v) is 0. The van der Waals surface area contributed by atoms with Crippen molar-refractivity contribution >= 4 is 0 Å². The third kappa shape index (κ3) is 26.7. The molecule has 0 amide bonds. The van der Waals surface area contributed by atoms with Crippen LogP contribution in [0.5, 0.6) is 0 Å². The molecule has 0 aliphatic heterocycles. The molecule has 0 bridgehead atoms. The third-order valence-electron chi connectivity index (χ3n) is 0. The molecule has 0 aliphatic rings. The van der Waals surface area contributed by atoms with Gasteiger partial charge in [-0.1, -0.05) is 0 Å². The van der Waals surface area contributed by atoms with Crippen LogP contribution in [-0.4, -0.2) is 0 Å². The average molecular weight is 145 g/mol. The van der Waals surface area contributed by atoms with Crippen LogP contribution in [0.15, 0.2) is 0 Å². The van der Waals surface area contributed by atoms with Gasteiger partial charge in [0.1, 0.15) is 0 Å². The van der Waals surface area contributed by atoms with Crippen molar-refractivity contribution in [3.05, 3.63) is 0 Å². The van der Waals surface area contributed by atoms with Crippen molar-refractivity contribution in [2.75, 3.05) is 0 Å². The number of hydrogen-bond donors (Lipinski definition) is 0. The molecule has 0 fully saturated rings. The molecule has 0 aliphatic carbocycles. The van der Waals surface area contributed by atoms with Crippen molar-refractivity contribution in [3.8, 4) is 0 Å². The molecule has 0 rings (SSSR count). The van der Waals surface area contributed by atoms with Gasteiger partial charge in [0, 0.05) is 0 Å². The molecule has 5 heteroatoms. The van der Waals surface area contributed by atoms with E-state index in [9.17, 15) is 0 Å². The summed E-state index contributed by atoms with van der Waals surface area (Å²) in [5.74, 6) is 0. The first-order valence-electron chi connectivity index (χ1n) is 0. The maximum Gasteiger partial charge on any atom is 4.00 e. The van der Waals surface area contributed by atoms with Gasteiger partial charge in [-0.25, -0.2) is 0 Å². The van der Waals surface area contributed by atoms with Crippen molar-refractivity contribution in [1.29, 1.82) is 0 Å². The van der Waals surface area contributed by atoms with Crippen LogP contribution in [0, 0.1) is 0 Å². The van der Waals surface area contributed by atoms with Crippen molar-refractivity contribution in [1.82, 2.24) is 0 Å². The number of rotatable bonds is 0. The molecule has 0 radical (unpaired) electrons. The van der Waals surface area contributed by atoms with Crippen LogP contribution >= 0.6 is 0 Å². The summed E-state index contributed by atoms with van der Waals surface area (Å²) in [5.41, 5.74) is 0. The smallest absolute Gasteiger partial charge is 2.00 e. The normalized spacial score (nSPS) is 0. The first-order chi connectivity index (χ1) is 0. The second kappa shape index (κ2) is 42.9. The quantitative estimate of drug-likeness (QED) is 0.322. The van der Waals surface area contributed by atoms with Crippen molar-refractivity contribution in [2.45, 2.75) is 0 Å². The molecule has 0 aromatic heterocycles. The van der Waals surface area contributed by atoms with E-state index in [1.54, 1.807) is 0 Å². The van der Waals surface area contributed by atoms with Crippen LogP contribution in [-0.2, 0) is 49.2 Å². The number of hydrogen-bond acceptors (Lipinski definition) is 0. The van der Waals surface area contributed by atoms with E-state index in [-0.39, 0.29) is 68.0 Å². The topological polar surface area (TPSA) is 57.0 Å². The molecular formula is LiNiO2Ti+3. The van der Waals surface area contributed by atoms with Crippen molar-refractivity contribution in [3.63, 3.8) is 0 Å². The van der Waals surface area contributed by atoms with E-state index in [4.69, 9.17) is 0 Å². The molecule has 24 valence electrons. The Morgan fingerprint density at radius 3 is 0.800 bits per heavy atom. The van der Waals surface area contributed by atoms with Gasteiger partial charge < -0.3 is 11.0 Å². The monoisotopic (exact) mass is 145 g/mol. The minimum absolute atomic E-state index is 0. The summed E-state index contributed by atoms with van der Waals surface area (Å²) in [4.78, 5) is 0. The summed E-state index contributed by atoms with van der Waals surface area (Å²) in [6, 6.07) is 0. The SMILES string of the molecule is [Li+].[Ni+2].[O-2].[O-2].[Ti+4]. The molecule has 0 N–H and O–H groups in total. The van der Waals surface area contributed by atoms with Gasteiger partial charge in [-0.05, 0) is 0 Å². The van der Waals surface area contributed by atoms with E-state index in [2.05, 4.69) is 0 Å². The molecule has 0 saturated heterocycles. The van der Waals surface area contributed by atoms with Crippen LogP contribution in [0.25, 0.3) is 0 Å². The molecule has 0 atom stereocenters. The summed E-state index contributed by atoms with van der Waals surface area (Å²) in [5, 5.41) is 0. The Kier molecular flexibility index (Phi) is 636. The van der Waals surface area contributed by atoms with Crippen LogP contribution in [0.3, 0.4) is 0 Å². The molecular weight excluding hydrogens is 145 g/mol. The Morgan fingerprint density at radius 2 is 0.800 bits per heavy atom. The standard InChI is InChI=1S/Li.Ni.2O.Ti/q+1;+2;2*-2;+4. The Hall–Kier alpha value is 1.73. The first-order valence-corrected chi connectivity index (χ1v) is 0. The molecule has 2 nitrogen and oxygen atoms in total. The van der Waals surface area contributed by atoms with Crippen LogP contribution in [0.1, 0.15) is 0 Å². The van der Waals surface area contributed by atoms with Gasteiger partial charge >= 0.3 is 57.1 Å². The van der Waals surface area contributed by atoms with E-state index in [1.165, 1.54) is 0 Å². The Labute approximate surface area is 67.7 Å². The van der Waals surface area contributed by atoms with E-state index in [1.807, 2.05) is 0 Å². The summed E-state index contributed by atoms with van der Waals surface area (Å²) >= 11 is 0. The Bertz CT molecular complexity index is 9.61. The third-order valence-corrected chi connectivity index (χ3v) is 0. The zero-order valence-electron chi connectivity index (χ0n) is 2.63. The van der Waals surface area contributed by atoms with Crippen molar-refractivity contribution in [2.24, 2.45) is 0 Å². The summed E-state index contributed by atoms with van der Waals surface area (Å²) in [6.45, 7) is 0. The Balaban J connectivity index is 0. The predicted octanol–water partition coefficient (Wildman–Crippen LogP) is -3.24. The fraction of sp³-hybridized carbons (Fsp3) is 0. The zero-order chi connectivity index (χ0) is 0. The minimum atomic E-state index is 0. The molecule has 5 heavy (non-hydrogen) atoms. The first kappa shape index (κ1) is 74.1. The largest absolute Gasteiger partial charge is 4.00 e. The van der Waals surface area contributed by atoms with Crippen LogP contribution < -0.4 is 18.9 Å². The fourth-order valence-electron chi connectivity index (χ4n) is 0. The molecule has 0 unspecified atom stereocenters. The van der Waals surface area contributed by atoms with E-state index in [0.29, 0.717) is 0 Å². The maximum atomic E-state index is 0. The molecule has 0 spiro atoms. The summed E-state index contributed by atoms with van der Waals surface area (Å²) in [7, 11) is 0. The van der Waals surface area contributed by atoms with E-state index < -0.39 is 0 Å². The van der Waals surface area contributed by atoms with Gasteiger partial charge in [0.2, 0.25) is 0 Å². The van der Waals surface area contributed by atoms with E-state index >= 15 is 0 Å². The van der Waals surface area contributed by atoms with Crippen LogP contribution in [0.4, 0.5) is 0 Å². The Morgan fingerprint density at radius 1 is 0.800 bits per heavy atom. The molecule has 0 aromatic rings. The van der Waals surface area contributed by atoms with Gasteiger partial charge in [0.15, 0.2) is 0 Å². The van der Waals surface area contributed by atoms with Gasteiger partial charge in [-0.3, -0.25) is 0 Å².